The van der Waals surface area contributed by atoms with Gasteiger partial charge in [-0.15, -0.1) is 0 Å². The molecule has 0 aromatic heterocycles. The van der Waals surface area contributed by atoms with Crippen molar-refractivity contribution in [2.24, 2.45) is 0 Å². The third-order valence-corrected chi connectivity index (χ3v) is 3.23. The number of halogens is 1. The van der Waals surface area contributed by atoms with Crippen LogP contribution in [0.3, 0.4) is 0 Å². The van der Waals surface area contributed by atoms with E-state index in [0.717, 1.165) is 5.56 Å². The Labute approximate surface area is 122 Å². The lowest BCUT2D eigenvalue weighted by Crippen LogP contribution is -2.28. The molecule has 104 valence electrons. The van der Waals surface area contributed by atoms with Crippen molar-refractivity contribution in [2.45, 2.75) is 6.10 Å². The molecule has 1 unspecified atom stereocenters. The van der Waals surface area contributed by atoms with Gasteiger partial charge in [0.2, 0.25) is 0 Å². The zero-order chi connectivity index (χ0) is 14.5. The fourth-order valence-corrected chi connectivity index (χ4v) is 1.93. The fourth-order valence-electron chi connectivity index (χ4n) is 1.75. The molecule has 0 spiro atoms. The lowest BCUT2D eigenvalue weighted by atomic mass is 10.1. The number of anilines is 1. The van der Waals surface area contributed by atoms with Gasteiger partial charge in [-0.25, -0.2) is 0 Å². The van der Waals surface area contributed by atoms with Crippen LogP contribution in [-0.4, -0.2) is 17.6 Å². The topological polar surface area (TPSA) is 75.4 Å². The second-order valence-electron chi connectivity index (χ2n) is 4.37. The van der Waals surface area contributed by atoms with Gasteiger partial charge in [0.1, 0.15) is 0 Å². The summed E-state index contributed by atoms with van der Waals surface area (Å²) in [5.41, 5.74) is 7.17. The molecule has 1 atom stereocenters. The lowest BCUT2D eigenvalue weighted by molar-refractivity contribution is 0.0916. The first-order valence-electron chi connectivity index (χ1n) is 6.14. The fraction of sp³-hybridized carbons (Fsp3) is 0.133. The average Bonchev–Trinajstić information content (AvgIpc) is 2.48. The first-order chi connectivity index (χ1) is 9.58. The van der Waals surface area contributed by atoms with E-state index in [1.165, 1.54) is 6.07 Å². The first-order valence-corrected chi connectivity index (χ1v) is 6.52. The predicted octanol–water partition coefficient (Wildman–Crippen LogP) is 2.39. The summed E-state index contributed by atoms with van der Waals surface area (Å²) in [6.45, 7) is 0.130. The van der Waals surface area contributed by atoms with Crippen molar-refractivity contribution in [3.63, 3.8) is 0 Å². The summed E-state index contributed by atoms with van der Waals surface area (Å²) in [5.74, 6) is -0.304. The largest absolute Gasteiger partial charge is 0.398 e. The lowest BCUT2D eigenvalue weighted by Gasteiger charge is -2.12. The summed E-state index contributed by atoms with van der Waals surface area (Å²) in [5, 5.41) is 12.9. The third-order valence-electron chi connectivity index (χ3n) is 2.90. The Kier molecular flexibility index (Phi) is 4.61. The highest BCUT2D eigenvalue weighted by Gasteiger charge is 2.11. The number of nitrogen functional groups attached to an aromatic ring is 1. The molecule has 0 heterocycles. The summed E-state index contributed by atoms with van der Waals surface area (Å²) >= 11 is 5.86. The van der Waals surface area contributed by atoms with Crippen LogP contribution in [0.5, 0.6) is 0 Å². The van der Waals surface area contributed by atoms with E-state index in [4.69, 9.17) is 17.3 Å². The van der Waals surface area contributed by atoms with Crippen molar-refractivity contribution in [1.29, 1.82) is 0 Å². The van der Waals surface area contributed by atoms with E-state index in [9.17, 15) is 9.90 Å². The summed E-state index contributed by atoms with van der Waals surface area (Å²) in [4.78, 5) is 11.9. The second-order valence-corrected chi connectivity index (χ2v) is 4.78. The van der Waals surface area contributed by atoms with Crippen molar-refractivity contribution >= 4 is 23.2 Å². The number of amides is 1. The van der Waals surface area contributed by atoms with Gasteiger partial charge in [0.15, 0.2) is 0 Å². The molecule has 0 aliphatic rings. The molecule has 1 amide bonds. The predicted molar refractivity (Wildman–Crippen MR) is 79.6 cm³/mol. The number of aliphatic hydroxyl groups is 1. The number of nitrogens with two attached hydrogens (primary N) is 1. The SMILES string of the molecule is Nc1ccc(C(=O)NCC(O)c2ccccc2)cc1Cl. The van der Waals surface area contributed by atoms with Crippen LogP contribution in [0.4, 0.5) is 5.69 Å². The van der Waals surface area contributed by atoms with Gasteiger partial charge in [-0.2, -0.15) is 0 Å². The molecule has 0 aliphatic heterocycles. The molecule has 2 aromatic carbocycles. The maximum absolute atomic E-state index is 11.9. The van der Waals surface area contributed by atoms with E-state index in [0.29, 0.717) is 16.3 Å². The quantitative estimate of drug-likeness (QED) is 0.757. The summed E-state index contributed by atoms with van der Waals surface area (Å²) < 4.78 is 0. The molecule has 4 nitrogen and oxygen atoms in total. The van der Waals surface area contributed by atoms with E-state index in [1.54, 1.807) is 24.3 Å². The first kappa shape index (κ1) is 14.4. The van der Waals surface area contributed by atoms with Crippen molar-refractivity contribution in [1.82, 2.24) is 5.32 Å². The molecular weight excluding hydrogens is 276 g/mol. The normalized spacial score (nSPS) is 11.9. The monoisotopic (exact) mass is 290 g/mol. The Morgan fingerprint density at radius 2 is 1.95 bits per heavy atom. The smallest absolute Gasteiger partial charge is 0.251 e. The van der Waals surface area contributed by atoms with Gasteiger partial charge < -0.3 is 16.2 Å². The minimum Gasteiger partial charge on any atom is -0.398 e. The average molecular weight is 291 g/mol. The van der Waals surface area contributed by atoms with Gasteiger partial charge in [0.25, 0.3) is 5.91 Å². The molecule has 0 radical (unpaired) electrons. The Balaban J connectivity index is 1.97. The van der Waals surface area contributed by atoms with Gasteiger partial charge in [-0.3, -0.25) is 4.79 Å². The Morgan fingerprint density at radius 1 is 1.25 bits per heavy atom. The minimum absolute atomic E-state index is 0.130. The maximum atomic E-state index is 11.9. The number of carbonyl (C=O) groups is 1. The summed E-state index contributed by atoms with van der Waals surface area (Å²) in [7, 11) is 0. The number of rotatable bonds is 4. The molecule has 0 fully saturated rings. The van der Waals surface area contributed by atoms with Crippen LogP contribution in [0.25, 0.3) is 0 Å². The van der Waals surface area contributed by atoms with Gasteiger partial charge in [-0.05, 0) is 23.8 Å². The second kappa shape index (κ2) is 6.41. The van der Waals surface area contributed by atoms with Crippen molar-refractivity contribution < 1.29 is 9.90 Å². The van der Waals surface area contributed by atoms with E-state index in [-0.39, 0.29) is 12.5 Å². The Bertz CT molecular complexity index is 602. The maximum Gasteiger partial charge on any atom is 0.251 e. The van der Waals surface area contributed by atoms with Crippen molar-refractivity contribution in [3.8, 4) is 0 Å². The van der Waals surface area contributed by atoms with Gasteiger partial charge in [0, 0.05) is 12.1 Å². The molecule has 0 saturated heterocycles. The van der Waals surface area contributed by atoms with Gasteiger partial charge in [0.05, 0.1) is 16.8 Å². The number of aliphatic hydroxyl groups excluding tert-OH is 1. The Hall–Kier alpha value is -2.04. The van der Waals surface area contributed by atoms with Crippen LogP contribution in [-0.2, 0) is 0 Å². The van der Waals surface area contributed by atoms with Crippen LogP contribution in [0.1, 0.15) is 22.0 Å². The highest BCUT2D eigenvalue weighted by Crippen LogP contribution is 2.19. The number of nitrogens with one attached hydrogen (secondary N) is 1. The standard InChI is InChI=1S/C15H15ClN2O2/c16-12-8-11(6-7-13(12)17)15(20)18-9-14(19)10-4-2-1-3-5-10/h1-8,14,19H,9,17H2,(H,18,20). The molecule has 2 rings (SSSR count). The summed E-state index contributed by atoms with van der Waals surface area (Å²) in [6, 6.07) is 13.8. The molecule has 0 aliphatic carbocycles. The molecule has 5 heteroatoms. The van der Waals surface area contributed by atoms with Crippen molar-refractivity contribution in [3.05, 3.63) is 64.7 Å². The summed E-state index contributed by atoms with van der Waals surface area (Å²) in [6.07, 6.45) is -0.746. The number of carbonyl (C=O) groups excluding carboxylic acids is 1. The zero-order valence-corrected chi connectivity index (χ0v) is 11.5. The number of benzene rings is 2. The van der Waals surface area contributed by atoms with Crippen molar-refractivity contribution in [2.75, 3.05) is 12.3 Å². The molecule has 4 N–H and O–H groups in total. The van der Waals surface area contributed by atoms with Crippen LogP contribution in [0.15, 0.2) is 48.5 Å². The van der Waals surface area contributed by atoms with E-state index < -0.39 is 6.10 Å². The molecule has 2 aromatic rings. The van der Waals surface area contributed by atoms with E-state index in [1.807, 2.05) is 18.2 Å². The highest BCUT2D eigenvalue weighted by molar-refractivity contribution is 6.33. The van der Waals surface area contributed by atoms with Crippen LogP contribution < -0.4 is 11.1 Å². The molecule has 20 heavy (non-hydrogen) atoms. The Morgan fingerprint density at radius 3 is 2.60 bits per heavy atom. The molecular formula is C15H15ClN2O2. The van der Waals surface area contributed by atoms with Crippen LogP contribution in [0.2, 0.25) is 5.02 Å². The molecule has 0 bridgehead atoms. The third kappa shape index (κ3) is 3.50. The zero-order valence-electron chi connectivity index (χ0n) is 10.7. The molecule has 0 saturated carbocycles. The van der Waals surface area contributed by atoms with Crippen LogP contribution >= 0.6 is 11.6 Å². The highest BCUT2D eigenvalue weighted by atomic mass is 35.5. The number of hydrogen-bond acceptors (Lipinski definition) is 3. The van der Waals surface area contributed by atoms with Crippen LogP contribution in [0, 0.1) is 0 Å². The van der Waals surface area contributed by atoms with Gasteiger partial charge >= 0.3 is 0 Å². The minimum atomic E-state index is -0.746. The van der Waals surface area contributed by atoms with E-state index >= 15 is 0 Å². The number of hydrogen-bond donors (Lipinski definition) is 3. The van der Waals surface area contributed by atoms with Gasteiger partial charge in [-0.1, -0.05) is 41.9 Å². The van der Waals surface area contributed by atoms with E-state index in [2.05, 4.69) is 5.32 Å².